The Morgan fingerprint density at radius 1 is 1.33 bits per heavy atom. The van der Waals surface area contributed by atoms with Gasteiger partial charge in [-0.3, -0.25) is 9.59 Å². The maximum Gasteiger partial charge on any atom is 0.309 e. The molecule has 1 aliphatic rings. The van der Waals surface area contributed by atoms with Gasteiger partial charge in [0, 0.05) is 25.7 Å². The molecule has 1 saturated heterocycles. The first-order chi connectivity index (χ1) is 11.3. The fourth-order valence-electron chi connectivity index (χ4n) is 3.38. The summed E-state index contributed by atoms with van der Waals surface area (Å²) in [5, 5.41) is 9.44. The molecular formula is C18H23N3O3. The van der Waals surface area contributed by atoms with Crippen LogP contribution in [0.15, 0.2) is 24.5 Å². The van der Waals surface area contributed by atoms with Crippen LogP contribution in [0.2, 0.25) is 0 Å². The topological polar surface area (TPSA) is 75.4 Å². The van der Waals surface area contributed by atoms with Gasteiger partial charge in [-0.25, -0.2) is 4.98 Å². The molecule has 1 aromatic carbocycles. The van der Waals surface area contributed by atoms with Crippen molar-refractivity contribution in [3.05, 3.63) is 30.1 Å². The molecule has 0 bridgehead atoms. The molecule has 3 rings (SSSR count). The summed E-state index contributed by atoms with van der Waals surface area (Å²) < 4.78 is 1.91. The first-order valence-corrected chi connectivity index (χ1v) is 8.24. The number of benzene rings is 1. The van der Waals surface area contributed by atoms with Gasteiger partial charge in [-0.05, 0) is 50.8 Å². The number of carbonyl (C=O) groups excluding carboxylic acids is 1. The van der Waals surface area contributed by atoms with Crippen molar-refractivity contribution in [2.75, 3.05) is 13.1 Å². The zero-order chi connectivity index (χ0) is 17.5. The number of carboxylic acid groups (broad SMARTS) is 1. The Labute approximate surface area is 141 Å². The van der Waals surface area contributed by atoms with E-state index in [9.17, 15) is 14.7 Å². The summed E-state index contributed by atoms with van der Waals surface area (Å²) in [4.78, 5) is 30.4. The van der Waals surface area contributed by atoms with Gasteiger partial charge in [0.25, 0.3) is 5.91 Å². The number of rotatable bonds is 3. The fraction of sp³-hybridized carbons (Fsp3) is 0.500. The molecule has 1 unspecified atom stereocenters. The quantitative estimate of drug-likeness (QED) is 0.939. The van der Waals surface area contributed by atoms with E-state index in [0.717, 1.165) is 23.9 Å². The zero-order valence-electron chi connectivity index (χ0n) is 14.3. The van der Waals surface area contributed by atoms with Crippen molar-refractivity contribution in [3.63, 3.8) is 0 Å². The van der Waals surface area contributed by atoms with Gasteiger partial charge in [0.15, 0.2) is 0 Å². The van der Waals surface area contributed by atoms with Gasteiger partial charge >= 0.3 is 5.97 Å². The number of fused-ring (bicyclic) bond motifs is 1. The number of likely N-dealkylation sites (tertiary alicyclic amines) is 1. The van der Waals surface area contributed by atoms with Crippen LogP contribution in [0, 0.1) is 11.3 Å². The van der Waals surface area contributed by atoms with Crippen molar-refractivity contribution in [1.82, 2.24) is 14.5 Å². The summed E-state index contributed by atoms with van der Waals surface area (Å²) in [6, 6.07) is 5.53. The third kappa shape index (κ3) is 2.77. The van der Waals surface area contributed by atoms with Crippen molar-refractivity contribution < 1.29 is 14.7 Å². The molecule has 1 aliphatic heterocycles. The minimum atomic E-state index is -0.829. The maximum atomic E-state index is 12.8. The number of aromatic nitrogens is 2. The molecule has 0 aliphatic carbocycles. The minimum absolute atomic E-state index is 0.0359. The van der Waals surface area contributed by atoms with Crippen LogP contribution in [-0.4, -0.2) is 44.5 Å². The molecule has 6 nitrogen and oxygen atoms in total. The summed E-state index contributed by atoms with van der Waals surface area (Å²) in [6.07, 6.45) is 3.40. The highest BCUT2D eigenvalue weighted by molar-refractivity contribution is 5.97. The largest absolute Gasteiger partial charge is 0.481 e. The van der Waals surface area contributed by atoms with Crippen LogP contribution in [-0.2, 0) is 11.8 Å². The fourth-order valence-corrected chi connectivity index (χ4v) is 3.38. The van der Waals surface area contributed by atoms with Crippen LogP contribution in [0.1, 0.15) is 37.0 Å². The number of carboxylic acids is 1. The van der Waals surface area contributed by atoms with E-state index >= 15 is 0 Å². The van der Waals surface area contributed by atoms with Crippen molar-refractivity contribution in [3.8, 4) is 0 Å². The van der Waals surface area contributed by atoms with E-state index in [1.54, 1.807) is 25.1 Å². The molecule has 0 radical (unpaired) electrons. The van der Waals surface area contributed by atoms with Gasteiger partial charge in [0.1, 0.15) is 0 Å². The third-order valence-electron chi connectivity index (χ3n) is 5.25. The number of hydrogen-bond acceptors (Lipinski definition) is 3. The number of carbonyl (C=O) groups is 2. The summed E-state index contributed by atoms with van der Waals surface area (Å²) in [5.74, 6) is -0.892. The lowest BCUT2D eigenvalue weighted by Crippen LogP contribution is -2.46. The normalized spacial score (nSPS) is 18.8. The lowest BCUT2D eigenvalue weighted by atomic mass is 9.74. The Hall–Kier alpha value is -2.37. The third-order valence-corrected chi connectivity index (χ3v) is 5.25. The summed E-state index contributed by atoms with van der Waals surface area (Å²) >= 11 is 0. The van der Waals surface area contributed by atoms with Gasteiger partial charge in [0.2, 0.25) is 0 Å². The van der Waals surface area contributed by atoms with Crippen LogP contribution >= 0.6 is 0 Å². The summed E-state index contributed by atoms with van der Waals surface area (Å²) in [5.41, 5.74) is 1.55. The van der Waals surface area contributed by atoms with E-state index in [4.69, 9.17) is 0 Å². The number of nitrogens with zero attached hydrogens (tertiary/aromatic N) is 3. The molecule has 1 atom stereocenters. The highest BCUT2D eigenvalue weighted by Crippen LogP contribution is 2.34. The van der Waals surface area contributed by atoms with E-state index in [0.29, 0.717) is 18.7 Å². The number of amides is 1. The monoisotopic (exact) mass is 329 g/mol. The van der Waals surface area contributed by atoms with Crippen LogP contribution in [0.5, 0.6) is 0 Å². The van der Waals surface area contributed by atoms with E-state index in [1.165, 1.54) is 0 Å². The highest BCUT2D eigenvalue weighted by Gasteiger charge is 2.40. The Balaban J connectivity index is 1.82. The summed E-state index contributed by atoms with van der Waals surface area (Å²) in [6.45, 7) is 4.64. The molecule has 0 saturated carbocycles. The Bertz CT molecular complexity index is 794. The van der Waals surface area contributed by atoms with Crippen LogP contribution in [0.25, 0.3) is 11.0 Å². The lowest BCUT2D eigenvalue weighted by Gasteiger charge is -2.39. The van der Waals surface area contributed by atoms with Gasteiger partial charge in [-0.15, -0.1) is 0 Å². The minimum Gasteiger partial charge on any atom is -0.481 e. The van der Waals surface area contributed by atoms with Crippen molar-refractivity contribution in [2.24, 2.45) is 18.4 Å². The van der Waals surface area contributed by atoms with Crippen molar-refractivity contribution in [2.45, 2.75) is 26.7 Å². The van der Waals surface area contributed by atoms with E-state index in [2.05, 4.69) is 4.98 Å². The van der Waals surface area contributed by atoms with Crippen molar-refractivity contribution >= 4 is 22.9 Å². The maximum absolute atomic E-state index is 12.8. The molecule has 24 heavy (non-hydrogen) atoms. The second-order valence-electron chi connectivity index (χ2n) is 7.18. The summed E-state index contributed by atoms with van der Waals surface area (Å²) in [7, 11) is 1.92. The highest BCUT2D eigenvalue weighted by atomic mass is 16.4. The standard InChI is InChI=1S/C18H23N3O3/c1-18(2,17(23)24)13-5-4-8-21(10-13)16(22)12-6-7-15-14(9-12)19-11-20(15)3/h6-7,9,11,13H,4-5,8,10H2,1-3H3,(H,23,24). The van der Waals surface area contributed by atoms with Gasteiger partial charge < -0.3 is 14.6 Å². The lowest BCUT2D eigenvalue weighted by molar-refractivity contribution is -0.151. The molecule has 2 heterocycles. The molecule has 1 amide bonds. The molecule has 128 valence electrons. The van der Waals surface area contributed by atoms with Gasteiger partial charge in [-0.2, -0.15) is 0 Å². The van der Waals surface area contributed by atoms with Crippen LogP contribution in [0.3, 0.4) is 0 Å². The van der Waals surface area contributed by atoms with Crippen molar-refractivity contribution in [1.29, 1.82) is 0 Å². The number of aliphatic carboxylic acids is 1. The average Bonchev–Trinajstić information content (AvgIpc) is 2.94. The zero-order valence-corrected chi connectivity index (χ0v) is 14.3. The SMILES string of the molecule is Cn1cnc2cc(C(=O)N3CCCC(C(C)(C)C(=O)O)C3)ccc21. The Morgan fingerprint density at radius 3 is 2.79 bits per heavy atom. The van der Waals surface area contributed by atoms with Crippen LogP contribution < -0.4 is 0 Å². The molecule has 6 heteroatoms. The number of piperidine rings is 1. The molecule has 1 fully saturated rings. The number of imidazole rings is 1. The Morgan fingerprint density at radius 2 is 2.08 bits per heavy atom. The molecule has 0 spiro atoms. The van der Waals surface area contributed by atoms with E-state index < -0.39 is 11.4 Å². The van der Waals surface area contributed by atoms with E-state index in [-0.39, 0.29) is 11.8 Å². The molecule has 2 aromatic rings. The number of hydrogen-bond donors (Lipinski definition) is 1. The first-order valence-electron chi connectivity index (χ1n) is 8.24. The molecule has 1 N–H and O–H groups in total. The second-order valence-corrected chi connectivity index (χ2v) is 7.18. The molecular weight excluding hydrogens is 306 g/mol. The predicted octanol–water partition coefficient (Wildman–Crippen LogP) is 2.54. The average molecular weight is 329 g/mol. The molecule has 1 aromatic heterocycles. The smallest absolute Gasteiger partial charge is 0.309 e. The van der Waals surface area contributed by atoms with Crippen LogP contribution in [0.4, 0.5) is 0 Å². The van der Waals surface area contributed by atoms with Gasteiger partial charge in [0.05, 0.1) is 22.8 Å². The second kappa shape index (κ2) is 5.92. The Kier molecular flexibility index (Phi) is 4.07. The van der Waals surface area contributed by atoms with Gasteiger partial charge in [-0.1, -0.05) is 0 Å². The van der Waals surface area contributed by atoms with E-state index in [1.807, 2.05) is 29.8 Å². The number of aryl methyl sites for hydroxylation is 1. The first kappa shape index (κ1) is 16.5. The predicted molar refractivity (Wildman–Crippen MR) is 90.8 cm³/mol.